The number of imidazole rings is 1. The summed E-state index contributed by atoms with van der Waals surface area (Å²) in [5, 5.41) is 2.45. The van der Waals surface area contributed by atoms with Crippen molar-refractivity contribution in [1.82, 2.24) is 19.8 Å². The smallest absolute Gasteiger partial charge is 0.444 e. The maximum absolute atomic E-state index is 14.4. The maximum Gasteiger partial charge on any atom is 0.449 e. The number of hydrogen-bond donors (Lipinski definition) is 1. The molecular formula is C28H33ClF6N4O4. The summed E-state index contributed by atoms with van der Waals surface area (Å²) in [6, 6.07) is -0.175. The minimum Gasteiger partial charge on any atom is -0.444 e. The molecule has 1 N–H and O–H groups in total. The zero-order valence-electron chi connectivity index (χ0n) is 23.8. The Hall–Kier alpha value is -3.29. The molecule has 8 nitrogen and oxygen atoms in total. The van der Waals surface area contributed by atoms with Gasteiger partial charge in [0.2, 0.25) is 11.7 Å². The molecule has 1 atom stereocenters. The van der Waals surface area contributed by atoms with Crippen molar-refractivity contribution in [3.8, 4) is 0 Å². The fraction of sp³-hybridized carbons (Fsp3) is 0.571. The first-order valence-electron chi connectivity index (χ1n) is 13.6. The third-order valence-electron chi connectivity index (χ3n) is 7.27. The zero-order chi connectivity index (χ0) is 31.0. The minimum absolute atomic E-state index is 0. The summed E-state index contributed by atoms with van der Waals surface area (Å²) in [6.45, 7) is 4.02. The number of benzene rings is 1. The average Bonchev–Trinajstić information content (AvgIpc) is 3.53. The largest absolute Gasteiger partial charge is 0.449 e. The monoisotopic (exact) mass is 638 g/mol. The molecule has 0 spiro atoms. The summed E-state index contributed by atoms with van der Waals surface area (Å²) >= 11 is 0. The van der Waals surface area contributed by atoms with Crippen LogP contribution in [0.3, 0.4) is 0 Å². The van der Waals surface area contributed by atoms with Gasteiger partial charge in [-0.1, -0.05) is 12.8 Å². The molecule has 4 rings (SSSR count). The molecule has 1 aromatic heterocycles. The fourth-order valence-electron chi connectivity index (χ4n) is 5.35. The minimum atomic E-state index is -4.81. The van der Waals surface area contributed by atoms with Crippen LogP contribution in [0.5, 0.6) is 0 Å². The van der Waals surface area contributed by atoms with Gasteiger partial charge >= 0.3 is 12.3 Å². The van der Waals surface area contributed by atoms with E-state index in [9.17, 15) is 40.7 Å². The number of ether oxygens (including phenoxy) is 1. The number of aromatic nitrogens is 2. The Labute approximate surface area is 250 Å². The standard InChI is InChI=1S/C28H32F6N4O4.ClH/c1-27(2,3)42-26(41)35-17(10-16-11-19(30)20(31)13-18(16)29)12-22(39)37-8-9-38-21(14-37)23(36-25(38)28(32,33)34)24(40)15-6-4-5-7-15;/h11,13,15,17H,4-10,12,14H2,1-3H3,(H,35,41);1H/t17-;/m1./s1. The molecule has 0 bridgehead atoms. The Morgan fingerprint density at radius 2 is 1.65 bits per heavy atom. The van der Waals surface area contributed by atoms with Gasteiger partial charge in [0.25, 0.3) is 0 Å². The molecule has 43 heavy (non-hydrogen) atoms. The average molecular weight is 639 g/mol. The van der Waals surface area contributed by atoms with E-state index in [1.54, 1.807) is 20.8 Å². The summed E-state index contributed by atoms with van der Waals surface area (Å²) in [7, 11) is 0. The summed E-state index contributed by atoms with van der Waals surface area (Å²) in [4.78, 5) is 43.9. The number of alkyl halides is 3. The summed E-state index contributed by atoms with van der Waals surface area (Å²) in [6.07, 6.45) is -3.97. The van der Waals surface area contributed by atoms with E-state index < -0.39 is 77.6 Å². The molecule has 1 saturated carbocycles. The van der Waals surface area contributed by atoms with Gasteiger partial charge in [-0.25, -0.2) is 22.9 Å². The number of ketones is 1. The van der Waals surface area contributed by atoms with E-state index in [-0.39, 0.29) is 49.0 Å². The number of nitrogens with zero attached hydrogens (tertiary/aromatic N) is 3. The van der Waals surface area contributed by atoms with Gasteiger partial charge in [0.1, 0.15) is 17.1 Å². The van der Waals surface area contributed by atoms with E-state index in [4.69, 9.17) is 4.74 Å². The van der Waals surface area contributed by atoms with Crippen LogP contribution in [0, 0.1) is 23.4 Å². The predicted octanol–water partition coefficient (Wildman–Crippen LogP) is 5.98. The SMILES string of the molecule is CC(C)(C)OC(=O)N[C@@H](CC(=O)N1CCn2c(C(F)(F)F)nc(C(=O)C3CCCC3)c2C1)Cc1cc(F)c(F)cc1F.Cl. The van der Waals surface area contributed by atoms with E-state index in [2.05, 4.69) is 10.3 Å². The number of hydrogen-bond acceptors (Lipinski definition) is 5. The first kappa shape index (κ1) is 34.2. The van der Waals surface area contributed by atoms with Crippen LogP contribution in [0.4, 0.5) is 31.1 Å². The Morgan fingerprint density at radius 3 is 2.26 bits per heavy atom. The van der Waals surface area contributed by atoms with Crippen LogP contribution in [-0.2, 0) is 35.2 Å². The molecule has 0 radical (unpaired) electrons. The predicted molar refractivity (Wildman–Crippen MR) is 144 cm³/mol. The number of amides is 2. The summed E-state index contributed by atoms with van der Waals surface area (Å²) in [5.74, 6) is -6.57. The van der Waals surface area contributed by atoms with Crippen molar-refractivity contribution >= 4 is 30.2 Å². The molecule has 1 aliphatic heterocycles. The number of halogens is 7. The lowest BCUT2D eigenvalue weighted by molar-refractivity contribution is -0.148. The number of alkyl carbamates (subject to hydrolysis) is 1. The Balaban J connectivity index is 0.00000506. The number of rotatable bonds is 7. The van der Waals surface area contributed by atoms with Crippen LogP contribution in [0.15, 0.2) is 12.1 Å². The van der Waals surface area contributed by atoms with Crippen LogP contribution in [0.2, 0.25) is 0 Å². The van der Waals surface area contributed by atoms with Gasteiger partial charge in [-0.15, -0.1) is 12.4 Å². The third kappa shape index (κ3) is 8.21. The quantitative estimate of drug-likeness (QED) is 0.229. The second-order valence-corrected chi connectivity index (χ2v) is 11.7. The van der Waals surface area contributed by atoms with Crippen molar-refractivity contribution in [3.63, 3.8) is 0 Å². The number of carbonyl (C=O) groups excluding carboxylic acids is 3. The number of nitrogens with one attached hydrogen (secondary N) is 1. The summed E-state index contributed by atoms with van der Waals surface area (Å²) < 4.78 is 89.2. The molecule has 238 valence electrons. The van der Waals surface area contributed by atoms with Crippen molar-refractivity contribution in [2.45, 2.75) is 90.2 Å². The molecule has 1 aliphatic carbocycles. The normalized spacial score (nSPS) is 16.3. The second kappa shape index (κ2) is 13.1. The van der Waals surface area contributed by atoms with Gasteiger partial charge < -0.3 is 19.5 Å². The molecule has 2 aromatic rings. The van der Waals surface area contributed by atoms with Gasteiger partial charge in [-0.2, -0.15) is 13.2 Å². The molecule has 0 unspecified atom stereocenters. The molecule has 2 amide bonds. The molecule has 1 fully saturated rings. The van der Waals surface area contributed by atoms with Crippen LogP contribution >= 0.6 is 12.4 Å². The highest BCUT2D eigenvalue weighted by molar-refractivity contribution is 5.97. The molecule has 0 saturated heterocycles. The van der Waals surface area contributed by atoms with Crippen molar-refractivity contribution in [1.29, 1.82) is 0 Å². The van der Waals surface area contributed by atoms with E-state index >= 15 is 0 Å². The van der Waals surface area contributed by atoms with Crippen molar-refractivity contribution in [2.75, 3.05) is 6.54 Å². The highest BCUT2D eigenvalue weighted by atomic mass is 35.5. The van der Waals surface area contributed by atoms with E-state index in [0.29, 0.717) is 25.0 Å². The van der Waals surface area contributed by atoms with Gasteiger partial charge in [0, 0.05) is 37.5 Å². The Morgan fingerprint density at radius 1 is 1.02 bits per heavy atom. The number of fused-ring (bicyclic) bond motifs is 1. The van der Waals surface area contributed by atoms with Crippen LogP contribution in [0.1, 0.15) is 80.4 Å². The number of Topliss-reactive ketones (excluding diaryl/α,β-unsaturated/α-hetero) is 1. The van der Waals surface area contributed by atoms with Crippen LogP contribution < -0.4 is 5.32 Å². The first-order chi connectivity index (χ1) is 19.5. The lowest BCUT2D eigenvalue weighted by atomic mass is 9.98. The second-order valence-electron chi connectivity index (χ2n) is 11.7. The number of carbonyl (C=O) groups is 3. The molecule has 2 aliphatic rings. The van der Waals surface area contributed by atoms with Crippen LogP contribution in [-0.4, -0.2) is 50.4 Å². The van der Waals surface area contributed by atoms with Gasteiger partial charge in [0.15, 0.2) is 17.4 Å². The fourth-order valence-corrected chi connectivity index (χ4v) is 5.35. The van der Waals surface area contributed by atoms with Gasteiger partial charge in [-0.05, 0) is 51.7 Å². The molecule has 1 aromatic carbocycles. The zero-order valence-corrected chi connectivity index (χ0v) is 24.6. The van der Waals surface area contributed by atoms with E-state index in [1.165, 1.54) is 4.90 Å². The van der Waals surface area contributed by atoms with E-state index in [0.717, 1.165) is 17.4 Å². The highest BCUT2D eigenvalue weighted by Gasteiger charge is 2.42. The lowest BCUT2D eigenvalue weighted by Crippen LogP contribution is -2.45. The van der Waals surface area contributed by atoms with Crippen molar-refractivity contribution in [2.24, 2.45) is 5.92 Å². The molecule has 2 heterocycles. The maximum atomic E-state index is 14.4. The van der Waals surface area contributed by atoms with Crippen LogP contribution in [0.25, 0.3) is 0 Å². The molecular weight excluding hydrogens is 606 g/mol. The molecule has 15 heteroatoms. The lowest BCUT2D eigenvalue weighted by Gasteiger charge is -2.31. The van der Waals surface area contributed by atoms with E-state index in [1.807, 2.05) is 0 Å². The third-order valence-corrected chi connectivity index (χ3v) is 7.27. The van der Waals surface area contributed by atoms with Gasteiger partial charge in [-0.3, -0.25) is 9.59 Å². The topological polar surface area (TPSA) is 93.5 Å². The van der Waals surface area contributed by atoms with Crippen molar-refractivity contribution in [3.05, 3.63) is 52.4 Å². The Kier molecular flexibility index (Phi) is 10.5. The van der Waals surface area contributed by atoms with Crippen molar-refractivity contribution < 1.29 is 45.5 Å². The summed E-state index contributed by atoms with van der Waals surface area (Å²) in [5.41, 5.74) is -1.56. The highest BCUT2D eigenvalue weighted by Crippen LogP contribution is 2.35. The Bertz CT molecular complexity index is 1370. The van der Waals surface area contributed by atoms with Gasteiger partial charge in [0.05, 0.1) is 12.2 Å². The first-order valence-corrected chi connectivity index (χ1v) is 13.6.